The number of hydrogen-bond donors (Lipinski definition) is 2. The summed E-state index contributed by atoms with van der Waals surface area (Å²) in [6.45, 7) is 2.85. The van der Waals surface area contributed by atoms with Gasteiger partial charge in [0.15, 0.2) is 0 Å². The van der Waals surface area contributed by atoms with Gasteiger partial charge in [-0.1, -0.05) is 23.7 Å². The Hall–Kier alpha value is -3.13. The number of ether oxygens (including phenoxy) is 1. The van der Waals surface area contributed by atoms with E-state index in [1.807, 2.05) is 30.6 Å². The van der Waals surface area contributed by atoms with Gasteiger partial charge < -0.3 is 24.3 Å². The Kier molecular flexibility index (Phi) is 5.70. The summed E-state index contributed by atoms with van der Waals surface area (Å²) in [7, 11) is 0. The highest BCUT2D eigenvalue weighted by atomic mass is 35.5. The number of morpholine rings is 1. The van der Waals surface area contributed by atoms with Crippen LogP contribution in [0.25, 0.3) is 22.2 Å². The van der Waals surface area contributed by atoms with E-state index in [-0.39, 0.29) is 12.2 Å². The van der Waals surface area contributed by atoms with Crippen molar-refractivity contribution in [1.82, 2.24) is 14.5 Å². The average Bonchev–Trinajstić information content (AvgIpc) is 3.24. The fourth-order valence-electron chi connectivity index (χ4n) is 4.21. The van der Waals surface area contributed by atoms with Crippen LogP contribution in [0.15, 0.2) is 65.8 Å². The van der Waals surface area contributed by atoms with Crippen LogP contribution in [0, 0.1) is 0 Å². The highest BCUT2D eigenvalue weighted by Gasteiger charge is 2.17. The molecular formula is C24H23ClN4O3. The molecule has 32 heavy (non-hydrogen) atoms. The summed E-state index contributed by atoms with van der Waals surface area (Å²) < 4.78 is 6.98. The summed E-state index contributed by atoms with van der Waals surface area (Å²) in [6.07, 6.45) is 5.46. The normalized spacial score (nSPS) is 15.2. The molecular weight excluding hydrogens is 428 g/mol. The zero-order valence-electron chi connectivity index (χ0n) is 17.4. The van der Waals surface area contributed by atoms with Crippen molar-refractivity contribution in [3.63, 3.8) is 0 Å². The number of rotatable bonds is 5. The highest BCUT2D eigenvalue weighted by Crippen LogP contribution is 2.30. The number of aliphatic hydroxyl groups is 1. The Morgan fingerprint density at radius 3 is 2.78 bits per heavy atom. The topological polar surface area (TPSA) is 83.4 Å². The van der Waals surface area contributed by atoms with Crippen LogP contribution < -0.4 is 10.5 Å². The number of H-pyrrole nitrogens is 1. The Morgan fingerprint density at radius 2 is 2.03 bits per heavy atom. The van der Waals surface area contributed by atoms with Crippen LogP contribution in [-0.2, 0) is 4.74 Å². The summed E-state index contributed by atoms with van der Waals surface area (Å²) in [5, 5.41) is 11.5. The molecule has 7 nitrogen and oxygen atoms in total. The monoisotopic (exact) mass is 450 g/mol. The molecule has 1 unspecified atom stereocenters. The number of fused-ring (bicyclic) bond motifs is 1. The van der Waals surface area contributed by atoms with Gasteiger partial charge in [0.25, 0.3) is 5.56 Å². The first-order valence-corrected chi connectivity index (χ1v) is 10.9. The SMILES string of the molecule is O=c1cc(-c2c[nH]c3ncc(N4CCOCC4)cc23)ccn1C(CO)c1cccc(Cl)c1. The number of halogens is 1. The first kappa shape index (κ1) is 20.8. The third-order valence-corrected chi connectivity index (χ3v) is 6.13. The molecule has 1 aromatic carbocycles. The number of pyridine rings is 2. The molecule has 1 atom stereocenters. The van der Waals surface area contributed by atoms with E-state index in [2.05, 4.69) is 20.9 Å². The van der Waals surface area contributed by atoms with E-state index in [4.69, 9.17) is 16.3 Å². The van der Waals surface area contributed by atoms with Crippen molar-refractivity contribution in [2.45, 2.75) is 6.04 Å². The summed E-state index contributed by atoms with van der Waals surface area (Å²) in [6, 6.07) is 12.3. The van der Waals surface area contributed by atoms with Gasteiger partial charge in [-0.3, -0.25) is 4.79 Å². The first-order valence-electron chi connectivity index (χ1n) is 10.5. The molecule has 1 aliphatic rings. The lowest BCUT2D eigenvalue weighted by atomic mass is 10.0. The Bertz CT molecular complexity index is 1310. The molecule has 0 spiro atoms. The van der Waals surface area contributed by atoms with Gasteiger partial charge >= 0.3 is 0 Å². The van der Waals surface area contributed by atoms with Crippen molar-refractivity contribution in [3.05, 3.63) is 82.0 Å². The molecule has 1 fully saturated rings. The van der Waals surface area contributed by atoms with Gasteiger partial charge in [0, 0.05) is 47.5 Å². The number of benzene rings is 1. The van der Waals surface area contributed by atoms with Crippen LogP contribution in [-0.4, -0.2) is 52.6 Å². The van der Waals surface area contributed by atoms with Crippen LogP contribution in [0.5, 0.6) is 0 Å². The second-order valence-electron chi connectivity index (χ2n) is 7.81. The molecule has 0 saturated carbocycles. The number of aromatic amines is 1. The zero-order valence-corrected chi connectivity index (χ0v) is 18.1. The van der Waals surface area contributed by atoms with Crippen molar-refractivity contribution >= 4 is 28.3 Å². The van der Waals surface area contributed by atoms with E-state index in [1.54, 1.807) is 24.4 Å². The largest absolute Gasteiger partial charge is 0.394 e. The molecule has 2 N–H and O–H groups in total. The smallest absolute Gasteiger partial charge is 0.251 e. The molecule has 3 aromatic heterocycles. The predicted octanol–water partition coefficient (Wildman–Crippen LogP) is 3.46. The van der Waals surface area contributed by atoms with Crippen LogP contribution in [0.3, 0.4) is 0 Å². The maximum absolute atomic E-state index is 13.0. The number of hydrogen-bond acceptors (Lipinski definition) is 5. The second-order valence-corrected chi connectivity index (χ2v) is 8.24. The van der Waals surface area contributed by atoms with Gasteiger partial charge in [-0.25, -0.2) is 4.98 Å². The van der Waals surface area contributed by atoms with Crippen molar-refractivity contribution in [3.8, 4) is 11.1 Å². The molecule has 164 valence electrons. The summed E-state index contributed by atoms with van der Waals surface area (Å²) >= 11 is 6.10. The molecule has 0 bridgehead atoms. The molecule has 4 heterocycles. The molecule has 4 aromatic rings. The zero-order chi connectivity index (χ0) is 22.1. The predicted molar refractivity (Wildman–Crippen MR) is 125 cm³/mol. The van der Waals surface area contributed by atoms with Gasteiger partial charge in [-0.05, 0) is 35.4 Å². The van der Waals surface area contributed by atoms with E-state index in [0.717, 1.165) is 46.5 Å². The summed E-state index contributed by atoms with van der Waals surface area (Å²) in [4.78, 5) is 23.0. The van der Waals surface area contributed by atoms with Crippen molar-refractivity contribution in [1.29, 1.82) is 0 Å². The minimum atomic E-state index is -0.507. The fraction of sp³-hybridized carbons (Fsp3) is 0.250. The standard InChI is InChI=1S/C24H23ClN4O3/c25-18-3-1-2-17(10-18)22(15-30)29-5-4-16(11-23(29)31)21-14-27-24-20(21)12-19(13-26-24)28-6-8-32-9-7-28/h1-5,10-14,22,30H,6-9,15H2,(H,26,27). The van der Waals surface area contributed by atoms with Gasteiger partial charge in [-0.2, -0.15) is 0 Å². The summed E-state index contributed by atoms with van der Waals surface area (Å²) in [5.41, 5.74) is 4.09. The van der Waals surface area contributed by atoms with Gasteiger partial charge in [-0.15, -0.1) is 0 Å². The van der Waals surface area contributed by atoms with Crippen LogP contribution in [0.4, 0.5) is 5.69 Å². The van der Waals surface area contributed by atoms with Gasteiger partial charge in [0.05, 0.1) is 37.7 Å². The van der Waals surface area contributed by atoms with Crippen molar-refractivity contribution in [2.24, 2.45) is 0 Å². The maximum Gasteiger partial charge on any atom is 0.251 e. The van der Waals surface area contributed by atoms with Crippen LogP contribution in [0.2, 0.25) is 5.02 Å². The molecule has 0 aliphatic carbocycles. The van der Waals surface area contributed by atoms with Crippen molar-refractivity contribution < 1.29 is 9.84 Å². The molecule has 8 heteroatoms. The molecule has 1 aliphatic heterocycles. The minimum absolute atomic E-state index is 0.201. The Labute approximate surface area is 189 Å². The van der Waals surface area contributed by atoms with E-state index < -0.39 is 6.04 Å². The number of aromatic nitrogens is 3. The third kappa shape index (κ3) is 3.90. The van der Waals surface area contributed by atoms with Crippen molar-refractivity contribution in [2.75, 3.05) is 37.8 Å². The lowest BCUT2D eigenvalue weighted by Gasteiger charge is -2.28. The maximum atomic E-state index is 13.0. The number of nitrogens with zero attached hydrogens (tertiary/aromatic N) is 3. The number of nitrogens with one attached hydrogen (secondary N) is 1. The minimum Gasteiger partial charge on any atom is -0.394 e. The highest BCUT2D eigenvalue weighted by molar-refractivity contribution is 6.30. The van der Waals surface area contributed by atoms with E-state index in [9.17, 15) is 9.90 Å². The van der Waals surface area contributed by atoms with Crippen LogP contribution in [0.1, 0.15) is 11.6 Å². The lowest BCUT2D eigenvalue weighted by molar-refractivity contribution is 0.122. The van der Waals surface area contributed by atoms with E-state index in [1.165, 1.54) is 4.57 Å². The van der Waals surface area contributed by atoms with Gasteiger partial charge in [0.2, 0.25) is 0 Å². The first-order chi connectivity index (χ1) is 15.6. The Balaban J connectivity index is 1.51. The summed E-state index contributed by atoms with van der Waals surface area (Å²) in [5.74, 6) is 0. The molecule has 5 rings (SSSR count). The van der Waals surface area contributed by atoms with Crippen LogP contribution >= 0.6 is 11.6 Å². The number of aliphatic hydroxyl groups excluding tert-OH is 1. The van der Waals surface area contributed by atoms with E-state index >= 15 is 0 Å². The van der Waals surface area contributed by atoms with Gasteiger partial charge in [0.1, 0.15) is 5.65 Å². The second kappa shape index (κ2) is 8.78. The molecule has 1 saturated heterocycles. The third-order valence-electron chi connectivity index (χ3n) is 5.89. The lowest BCUT2D eigenvalue weighted by Crippen LogP contribution is -2.36. The molecule has 0 radical (unpaired) electrons. The molecule has 0 amide bonds. The average molecular weight is 451 g/mol. The Morgan fingerprint density at radius 1 is 1.19 bits per heavy atom. The number of anilines is 1. The van der Waals surface area contributed by atoms with E-state index in [0.29, 0.717) is 18.2 Å². The quantitative estimate of drug-likeness (QED) is 0.486. The fourth-order valence-corrected chi connectivity index (χ4v) is 4.41.